The van der Waals surface area contributed by atoms with Crippen molar-refractivity contribution in [3.63, 3.8) is 0 Å². The van der Waals surface area contributed by atoms with E-state index in [0.29, 0.717) is 22.6 Å². The summed E-state index contributed by atoms with van der Waals surface area (Å²) in [4.78, 5) is 12.4. The van der Waals surface area contributed by atoms with Gasteiger partial charge in [0.25, 0.3) is 5.91 Å². The number of carbonyl (C=O) groups is 1. The minimum absolute atomic E-state index is 0.127. The number of rotatable bonds is 9. The molecule has 34 heavy (non-hydrogen) atoms. The van der Waals surface area contributed by atoms with Gasteiger partial charge in [0, 0.05) is 16.3 Å². The van der Waals surface area contributed by atoms with Gasteiger partial charge in [0.1, 0.15) is 5.75 Å². The Kier molecular flexibility index (Phi) is 7.95. The monoisotopic (exact) mass is 491 g/mol. The first-order valence-corrected chi connectivity index (χ1v) is 11.9. The molecule has 3 aromatic carbocycles. The molecule has 1 amide bonds. The average Bonchev–Trinajstić information content (AvgIpc) is 3.28. The molecule has 0 aliphatic heterocycles. The maximum Gasteiger partial charge on any atom is 0.250 e. The molecule has 0 spiro atoms. The molecule has 9 heteroatoms. The van der Waals surface area contributed by atoms with Crippen LogP contribution in [-0.4, -0.2) is 39.2 Å². The largest absolute Gasteiger partial charge is 0.494 e. The van der Waals surface area contributed by atoms with E-state index in [1.807, 2.05) is 78.2 Å². The summed E-state index contributed by atoms with van der Waals surface area (Å²) in [6, 6.07) is 24.6. The lowest BCUT2D eigenvalue weighted by atomic mass is 10.2. The van der Waals surface area contributed by atoms with Gasteiger partial charge in [-0.15, -0.1) is 10.2 Å². The Hall–Kier alpha value is -3.62. The van der Waals surface area contributed by atoms with Gasteiger partial charge in [0.15, 0.2) is 11.0 Å². The Morgan fingerprint density at radius 2 is 1.79 bits per heavy atom. The zero-order valence-electron chi connectivity index (χ0n) is 18.4. The number of hydrazone groups is 1. The first-order valence-electron chi connectivity index (χ1n) is 10.6. The Bertz CT molecular complexity index is 1260. The fourth-order valence-corrected chi connectivity index (χ4v) is 3.99. The molecule has 1 aromatic heterocycles. The number of nitrogens with one attached hydrogen (secondary N) is 1. The smallest absolute Gasteiger partial charge is 0.250 e. The van der Waals surface area contributed by atoms with E-state index in [9.17, 15) is 4.79 Å². The van der Waals surface area contributed by atoms with Crippen LogP contribution in [0.25, 0.3) is 17.1 Å². The number of amides is 1. The predicted octanol–water partition coefficient (Wildman–Crippen LogP) is 5.23. The lowest BCUT2D eigenvalue weighted by Gasteiger charge is -2.11. The summed E-state index contributed by atoms with van der Waals surface area (Å²) in [7, 11) is 0. The van der Waals surface area contributed by atoms with E-state index in [1.54, 1.807) is 18.3 Å². The number of thioether (sulfide) groups is 1. The molecule has 4 aromatic rings. The van der Waals surface area contributed by atoms with Crippen LogP contribution in [0, 0.1) is 0 Å². The third-order valence-corrected chi connectivity index (χ3v) is 5.86. The van der Waals surface area contributed by atoms with Crippen LogP contribution in [0.15, 0.2) is 89.1 Å². The maximum absolute atomic E-state index is 12.4. The van der Waals surface area contributed by atoms with Crippen molar-refractivity contribution in [1.29, 1.82) is 0 Å². The highest BCUT2D eigenvalue weighted by Gasteiger charge is 2.17. The molecule has 172 valence electrons. The molecule has 0 fully saturated rings. The summed E-state index contributed by atoms with van der Waals surface area (Å²) in [6.45, 7) is 2.53. The molecule has 0 aliphatic carbocycles. The minimum Gasteiger partial charge on any atom is -0.494 e. The highest BCUT2D eigenvalue weighted by atomic mass is 35.5. The third-order valence-electron chi connectivity index (χ3n) is 4.68. The topological polar surface area (TPSA) is 81.4 Å². The van der Waals surface area contributed by atoms with Gasteiger partial charge in [-0.2, -0.15) is 5.10 Å². The van der Waals surface area contributed by atoms with E-state index in [2.05, 4.69) is 20.7 Å². The quantitative estimate of drug-likeness (QED) is 0.197. The molecule has 4 rings (SSSR count). The molecule has 0 aliphatic rings. The fourth-order valence-electron chi connectivity index (χ4n) is 3.12. The predicted molar refractivity (Wildman–Crippen MR) is 136 cm³/mol. The zero-order chi connectivity index (χ0) is 23.8. The summed E-state index contributed by atoms with van der Waals surface area (Å²) in [5.74, 6) is 1.30. The van der Waals surface area contributed by atoms with Crippen LogP contribution >= 0.6 is 23.4 Å². The highest BCUT2D eigenvalue weighted by molar-refractivity contribution is 7.99. The van der Waals surface area contributed by atoms with Crippen LogP contribution in [-0.2, 0) is 4.79 Å². The number of benzene rings is 3. The van der Waals surface area contributed by atoms with Crippen LogP contribution in [0.5, 0.6) is 5.75 Å². The average molecular weight is 492 g/mol. The lowest BCUT2D eigenvalue weighted by Crippen LogP contribution is -2.20. The normalized spacial score (nSPS) is 11.0. The number of carbonyl (C=O) groups excluding carboxylic acids is 1. The summed E-state index contributed by atoms with van der Waals surface area (Å²) in [6.07, 6.45) is 1.60. The number of ether oxygens (including phenoxy) is 1. The molecule has 0 bridgehead atoms. The summed E-state index contributed by atoms with van der Waals surface area (Å²) < 4.78 is 7.47. The van der Waals surface area contributed by atoms with E-state index in [0.717, 1.165) is 22.6 Å². The van der Waals surface area contributed by atoms with E-state index in [1.165, 1.54) is 11.8 Å². The second-order valence-corrected chi connectivity index (χ2v) is 8.45. The molecule has 7 nitrogen and oxygen atoms in total. The molecular weight excluding hydrogens is 470 g/mol. The molecule has 0 saturated heterocycles. The van der Waals surface area contributed by atoms with Crippen molar-refractivity contribution in [2.45, 2.75) is 12.1 Å². The summed E-state index contributed by atoms with van der Waals surface area (Å²) in [5, 5.41) is 14.0. The SMILES string of the molecule is CCOc1ccc(-n2c(SCC(=O)N/N=C/c3ccccc3)nnc2-c2ccc(Cl)cc2)cc1. The summed E-state index contributed by atoms with van der Waals surface area (Å²) in [5.41, 5.74) is 5.16. The van der Waals surface area contributed by atoms with Crippen LogP contribution in [0.4, 0.5) is 0 Å². The molecule has 0 radical (unpaired) electrons. The molecule has 0 saturated carbocycles. The third kappa shape index (κ3) is 6.03. The minimum atomic E-state index is -0.244. The van der Waals surface area contributed by atoms with Gasteiger partial charge >= 0.3 is 0 Å². The van der Waals surface area contributed by atoms with E-state index < -0.39 is 0 Å². The van der Waals surface area contributed by atoms with Crippen molar-refractivity contribution in [3.8, 4) is 22.8 Å². The van der Waals surface area contributed by atoms with Gasteiger partial charge in [0.2, 0.25) is 0 Å². The second-order valence-electron chi connectivity index (χ2n) is 7.07. The number of aromatic nitrogens is 3. The molecule has 1 heterocycles. The molecular formula is C25H22ClN5O2S. The van der Waals surface area contributed by atoms with Crippen molar-refractivity contribution in [1.82, 2.24) is 20.2 Å². The highest BCUT2D eigenvalue weighted by Crippen LogP contribution is 2.29. The van der Waals surface area contributed by atoms with Gasteiger partial charge < -0.3 is 4.74 Å². The molecule has 0 atom stereocenters. The lowest BCUT2D eigenvalue weighted by molar-refractivity contribution is -0.118. The van der Waals surface area contributed by atoms with Crippen LogP contribution in [0.1, 0.15) is 12.5 Å². The summed E-state index contributed by atoms with van der Waals surface area (Å²) >= 11 is 7.33. The van der Waals surface area contributed by atoms with Gasteiger partial charge in [-0.1, -0.05) is 53.7 Å². The van der Waals surface area contributed by atoms with Crippen LogP contribution in [0.3, 0.4) is 0 Å². The Morgan fingerprint density at radius 1 is 1.06 bits per heavy atom. The Labute approximate surface area is 206 Å². The second kappa shape index (κ2) is 11.5. The Balaban J connectivity index is 1.53. The van der Waals surface area contributed by atoms with Crippen molar-refractivity contribution in [2.24, 2.45) is 5.10 Å². The number of nitrogens with zero attached hydrogens (tertiary/aromatic N) is 4. The van der Waals surface area contributed by atoms with Gasteiger partial charge in [0.05, 0.1) is 18.6 Å². The molecule has 0 unspecified atom stereocenters. The number of halogens is 1. The van der Waals surface area contributed by atoms with Crippen LogP contribution in [0.2, 0.25) is 5.02 Å². The van der Waals surface area contributed by atoms with Gasteiger partial charge in [-0.25, -0.2) is 5.43 Å². The van der Waals surface area contributed by atoms with Crippen molar-refractivity contribution in [2.75, 3.05) is 12.4 Å². The maximum atomic E-state index is 12.4. The zero-order valence-corrected chi connectivity index (χ0v) is 20.0. The first-order chi connectivity index (χ1) is 16.6. The van der Waals surface area contributed by atoms with E-state index in [-0.39, 0.29) is 11.7 Å². The van der Waals surface area contributed by atoms with Crippen LogP contribution < -0.4 is 10.2 Å². The van der Waals surface area contributed by atoms with Gasteiger partial charge in [-0.3, -0.25) is 9.36 Å². The van der Waals surface area contributed by atoms with Crippen molar-refractivity contribution >= 4 is 35.5 Å². The first kappa shape index (κ1) is 23.5. The van der Waals surface area contributed by atoms with Crippen molar-refractivity contribution in [3.05, 3.63) is 89.4 Å². The Morgan fingerprint density at radius 3 is 2.50 bits per heavy atom. The number of hydrogen-bond acceptors (Lipinski definition) is 6. The number of hydrogen-bond donors (Lipinski definition) is 1. The molecule has 1 N–H and O–H groups in total. The fraction of sp³-hybridized carbons (Fsp3) is 0.120. The standard InChI is InChI=1S/C25H22ClN5O2S/c1-2-33-22-14-12-21(13-15-22)31-24(19-8-10-20(26)11-9-19)29-30-25(31)34-17-23(32)28-27-16-18-6-4-3-5-7-18/h3-16H,2,17H2,1H3,(H,28,32)/b27-16+. The van der Waals surface area contributed by atoms with Crippen molar-refractivity contribution < 1.29 is 9.53 Å². The van der Waals surface area contributed by atoms with E-state index >= 15 is 0 Å². The van der Waals surface area contributed by atoms with Gasteiger partial charge in [-0.05, 0) is 61.0 Å². The van der Waals surface area contributed by atoms with E-state index in [4.69, 9.17) is 16.3 Å².